The minimum absolute atomic E-state index is 0.161. The molecule has 0 aliphatic carbocycles. The van der Waals surface area contributed by atoms with Crippen molar-refractivity contribution in [3.05, 3.63) is 33.9 Å². The maximum Gasteiger partial charge on any atom is 0.322 e. The Labute approximate surface area is 102 Å². The van der Waals surface area contributed by atoms with Gasteiger partial charge in [0.2, 0.25) is 5.91 Å². The number of amides is 1. The van der Waals surface area contributed by atoms with Crippen LogP contribution in [0.3, 0.4) is 0 Å². The molecule has 0 N–H and O–H groups in total. The molecule has 1 aromatic rings. The number of non-ortho nitro benzene ring substituents is 1. The van der Waals surface area contributed by atoms with E-state index in [2.05, 4.69) is 4.74 Å². The van der Waals surface area contributed by atoms with Crippen molar-refractivity contribution >= 4 is 23.3 Å². The third-order valence-electron chi connectivity index (χ3n) is 2.91. The number of hydrogen-bond acceptors (Lipinski definition) is 5. The first-order chi connectivity index (χ1) is 8.47. The minimum Gasteiger partial charge on any atom is -0.468 e. The Kier molecular flexibility index (Phi) is 2.74. The van der Waals surface area contributed by atoms with Gasteiger partial charge in [-0.15, -0.1) is 0 Å². The standard InChI is InChI=1S/C11H10N2O5/c1-12-8-4-3-6(13(16)17)5-7(8)9(10(12)14)11(15)18-2/h3-5,9H,1-2H3. The van der Waals surface area contributed by atoms with Crippen LogP contribution in [0.25, 0.3) is 0 Å². The highest BCUT2D eigenvalue weighted by atomic mass is 16.6. The number of ether oxygens (including phenoxy) is 1. The number of nitro groups is 1. The van der Waals surface area contributed by atoms with Crippen molar-refractivity contribution in [3.8, 4) is 0 Å². The first-order valence-corrected chi connectivity index (χ1v) is 5.11. The van der Waals surface area contributed by atoms with Gasteiger partial charge >= 0.3 is 5.97 Å². The zero-order chi connectivity index (χ0) is 13.4. The lowest BCUT2D eigenvalue weighted by Crippen LogP contribution is -2.28. The molecule has 1 amide bonds. The van der Waals surface area contributed by atoms with Crippen molar-refractivity contribution in [2.24, 2.45) is 0 Å². The predicted octanol–water partition coefficient (Wildman–Crippen LogP) is 0.828. The number of esters is 1. The summed E-state index contributed by atoms with van der Waals surface area (Å²) in [5, 5.41) is 10.7. The second-order valence-corrected chi connectivity index (χ2v) is 3.85. The Hall–Kier alpha value is -2.44. The van der Waals surface area contributed by atoms with Crippen LogP contribution in [0.2, 0.25) is 0 Å². The fourth-order valence-corrected chi connectivity index (χ4v) is 1.98. The quantitative estimate of drug-likeness (QED) is 0.335. The maximum absolute atomic E-state index is 11.9. The second kappa shape index (κ2) is 4.10. The van der Waals surface area contributed by atoms with Gasteiger partial charge in [0.05, 0.1) is 12.0 Å². The smallest absolute Gasteiger partial charge is 0.322 e. The molecule has 0 fully saturated rings. The zero-order valence-electron chi connectivity index (χ0n) is 9.75. The van der Waals surface area contributed by atoms with Crippen molar-refractivity contribution in [1.82, 2.24) is 0 Å². The largest absolute Gasteiger partial charge is 0.468 e. The van der Waals surface area contributed by atoms with E-state index < -0.39 is 22.7 Å². The number of hydrogen-bond donors (Lipinski definition) is 0. The number of carbonyl (C=O) groups is 2. The molecule has 1 atom stereocenters. The topological polar surface area (TPSA) is 89.8 Å². The van der Waals surface area contributed by atoms with Gasteiger partial charge < -0.3 is 9.64 Å². The third-order valence-corrected chi connectivity index (χ3v) is 2.91. The van der Waals surface area contributed by atoms with Crippen LogP contribution in [-0.4, -0.2) is 31.0 Å². The summed E-state index contributed by atoms with van der Waals surface area (Å²) >= 11 is 0. The molecule has 0 aromatic heterocycles. The van der Waals surface area contributed by atoms with Crippen LogP contribution in [0, 0.1) is 10.1 Å². The summed E-state index contributed by atoms with van der Waals surface area (Å²) in [4.78, 5) is 34.9. The van der Waals surface area contributed by atoms with Crippen molar-refractivity contribution < 1.29 is 19.2 Å². The van der Waals surface area contributed by atoms with E-state index in [4.69, 9.17) is 0 Å². The summed E-state index contributed by atoms with van der Waals surface area (Å²) in [5.41, 5.74) is 0.635. The molecule has 0 saturated heterocycles. The normalized spacial score (nSPS) is 17.6. The summed E-state index contributed by atoms with van der Waals surface area (Å²) in [7, 11) is 2.68. The number of methoxy groups -OCH3 is 1. The number of carbonyl (C=O) groups excluding carboxylic acids is 2. The van der Waals surface area contributed by atoms with E-state index in [0.717, 1.165) is 0 Å². The van der Waals surface area contributed by atoms with E-state index in [1.807, 2.05) is 0 Å². The van der Waals surface area contributed by atoms with Crippen molar-refractivity contribution in [2.75, 3.05) is 19.1 Å². The molecule has 1 heterocycles. The third kappa shape index (κ3) is 1.60. The molecular weight excluding hydrogens is 240 g/mol. The summed E-state index contributed by atoms with van der Waals surface area (Å²) in [5.74, 6) is -2.28. The summed E-state index contributed by atoms with van der Waals surface area (Å²) in [6, 6.07) is 3.98. The van der Waals surface area contributed by atoms with E-state index in [0.29, 0.717) is 11.3 Å². The lowest BCUT2D eigenvalue weighted by Gasteiger charge is -2.09. The van der Waals surface area contributed by atoms with E-state index in [-0.39, 0.29) is 5.69 Å². The van der Waals surface area contributed by atoms with Gasteiger partial charge in [0.15, 0.2) is 5.92 Å². The average Bonchev–Trinajstić information content (AvgIpc) is 2.61. The maximum atomic E-state index is 11.9. The fourth-order valence-electron chi connectivity index (χ4n) is 1.98. The first-order valence-electron chi connectivity index (χ1n) is 5.11. The highest BCUT2D eigenvalue weighted by Crippen LogP contribution is 2.38. The molecule has 1 unspecified atom stereocenters. The SMILES string of the molecule is COC(=O)C1C(=O)N(C)c2ccc([N+](=O)[O-])cc21. The number of anilines is 1. The van der Waals surface area contributed by atoms with Crippen LogP contribution in [0.15, 0.2) is 18.2 Å². The van der Waals surface area contributed by atoms with Crippen LogP contribution in [0.5, 0.6) is 0 Å². The average molecular weight is 250 g/mol. The van der Waals surface area contributed by atoms with Gasteiger partial charge in [-0.2, -0.15) is 0 Å². The molecule has 7 heteroatoms. The van der Waals surface area contributed by atoms with Gasteiger partial charge in [-0.05, 0) is 6.07 Å². The lowest BCUT2D eigenvalue weighted by molar-refractivity contribution is -0.384. The molecule has 0 bridgehead atoms. The zero-order valence-corrected chi connectivity index (χ0v) is 9.75. The second-order valence-electron chi connectivity index (χ2n) is 3.85. The summed E-state index contributed by atoms with van der Waals surface area (Å²) in [6.45, 7) is 0. The van der Waals surface area contributed by atoms with Gasteiger partial charge in [0, 0.05) is 30.4 Å². The highest BCUT2D eigenvalue weighted by molar-refractivity contribution is 6.16. The molecule has 1 aromatic carbocycles. The van der Waals surface area contributed by atoms with Crippen LogP contribution >= 0.6 is 0 Å². The Balaban J connectivity index is 2.57. The van der Waals surface area contributed by atoms with Gasteiger partial charge in [0.1, 0.15) is 0 Å². The fraction of sp³-hybridized carbons (Fsp3) is 0.273. The minimum atomic E-state index is -1.12. The Morgan fingerprint density at radius 2 is 2.17 bits per heavy atom. The molecule has 0 saturated carbocycles. The van der Waals surface area contributed by atoms with Gasteiger partial charge in [-0.25, -0.2) is 0 Å². The van der Waals surface area contributed by atoms with E-state index in [1.165, 1.54) is 37.3 Å². The highest BCUT2D eigenvalue weighted by Gasteiger charge is 2.41. The van der Waals surface area contributed by atoms with E-state index in [1.54, 1.807) is 0 Å². The molecule has 1 aliphatic rings. The number of rotatable bonds is 2. The monoisotopic (exact) mass is 250 g/mol. The Morgan fingerprint density at radius 3 is 2.72 bits per heavy atom. The number of benzene rings is 1. The number of nitrogens with zero attached hydrogens (tertiary/aromatic N) is 2. The molecule has 2 rings (SSSR count). The van der Waals surface area contributed by atoms with Crippen molar-refractivity contribution in [2.45, 2.75) is 5.92 Å². The van der Waals surface area contributed by atoms with Gasteiger partial charge in [0.25, 0.3) is 5.69 Å². The molecule has 0 radical (unpaired) electrons. The molecule has 7 nitrogen and oxygen atoms in total. The lowest BCUT2D eigenvalue weighted by atomic mass is 10.0. The number of nitro benzene ring substituents is 1. The van der Waals surface area contributed by atoms with Gasteiger partial charge in [-0.3, -0.25) is 19.7 Å². The predicted molar refractivity (Wildman–Crippen MR) is 61.3 cm³/mol. The molecule has 18 heavy (non-hydrogen) atoms. The molecule has 1 aliphatic heterocycles. The van der Waals surface area contributed by atoms with Gasteiger partial charge in [-0.1, -0.05) is 0 Å². The van der Waals surface area contributed by atoms with Crippen molar-refractivity contribution in [1.29, 1.82) is 0 Å². The summed E-state index contributed by atoms with van der Waals surface area (Å²) < 4.78 is 4.55. The van der Waals surface area contributed by atoms with Crippen LogP contribution < -0.4 is 4.90 Å². The number of fused-ring (bicyclic) bond motifs is 1. The Morgan fingerprint density at radius 1 is 1.50 bits per heavy atom. The number of likely N-dealkylation sites (N-methyl/N-ethyl adjacent to an activating group) is 1. The Bertz CT molecular complexity index is 554. The molecule has 94 valence electrons. The van der Waals surface area contributed by atoms with Crippen molar-refractivity contribution in [3.63, 3.8) is 0 Å². The first kappa shape index (κ1) is 12.0. The van der Waals surface area contributed by atoms with E-state index in [9.17, 15) is 19.7 Å². The van der Waals surface area contributed by atoms with E-state index >= 15 is 0 Å². The summed E-state index contributed by atoms with van der Waals surface area (Å²) in [6.07, 6.45) is 0. The molecular formula is C11H10N2O5. The molecule has 0 spiro atoms. The van der Waals surface area contributed by atoms with Crippen LogP contribution in [0.4, 0.5) is 11.4 Å². The van der Waals surface area contributed by atoms with Crippen LogP contribution in [0.1, 0.15) is 11.5 Å². The van der Waals surface area contributed by atoms with Crippen LogP contribution in [-0.2, 0) is 14.3 Å².